The lowest BCUT2D eigenvalue weighted by Gasteiger charge is -2.20. The third-order valence-corrected chi connectivity index (χ3v) is 3.60. The van der Waals surface area contributed by atoms with E-state index in [-0.39, 0.29) is 11.4 Å². The van der Waals surface area contributed by atoms with Gasteiger partial charge in [0, 0.05) is 43.3 Å². The van der Waals surface area contributed by atoms with Crippen LogP contribution >= 0.6 is 0 Å². The maximum absolute atomic E-state index is 12.3. The van der Waals surface area contributed by atoms with Crippen LogP contribution in [0.1, 0.15) is 12.5 Å². The third-order valence-electron chi connectivity index (χ3n) is 3.60. The number of nitrogens with one attached hydrogen (secondary N) is 1. The Morgan fingerprint density at radius 1 is 1.24 bits per heavy atom. The van der Waals surface area contributed by atoms with Crippen molar-refractivity contribution in [1.82, 2.24) is 9.88 Å². The van der Waals surface area contributed by atoms with Gasteiger partial charge < -0.3 is 10.2 Å². The number of likely N-dealkylation sites (N-methyl/N-ethyl adjacent to an activating group) is 1. The lowest BCUT2D eigenvalue weighted by Crippen LogP contribution is -2.40. The Morgan fingerprint density at radius 2 is 1.96 bits per heavy atom. The van der Waals surface area contributed by atoms with Gasteiger partial charge in [-0.2, -0.15) is 0 Å². The molecule has 0 spiro atoms. The van der Waals surface area contributed by atoms with Gasteiger partial charge in [0.1, 0.15) is 0 Å². The number of aromatic nitrogens is 1. The lowest BCUT2D eigenvalue weighted by atomic mass is 10.2. The Morgan fingerprint density at radius 3 is 2.60 bits per heavy atom. The van der Waals surface area contributed by atoms with Crippen molar-refractivity contribution in [3.63, 3.8) is 0 Å². The number of hydrogen-bond donors (Lipinski definition) is 1. The van der Waals surface area contributed by atoms with Crippen molar-refractivity contribution >= 4 is 23.2 Å². The minimum Gasteiger partial charge on any atom is -0.334 e. The molecule has 0 unspecified atom stereocenters. The molecule has 0 fully saturated rings. The molecule has 0 saturated carbocycles. The smallest absolute Gasteiger partial charge is 0.313 e. The number of pyridine rings is 1. The van der Waals surface area contributed by atoms with Gasteiger partial charge in [0.2, 0.25) is 0 Å². The zero-order chi connectivity index (χ0) is 18.2. The molecule has 1 N–H and O–H groups in total. The Labute approximate surface area is 144 Å². The van der Waals surface area contributed by atoms with Crippen LogP contribution in [0.2, 0.25) is 0 Å². The number of carbonyl (C=O) groups excluding carboxylic acids is 2. The summed E-state index contributed by atoms with van der Waals surface area (Å²) in [6, 6.07) is 9.15. The van der Waals surface area contributed by atoms with Gasteiger partial charge >= 0.3 is 11.8 Å². The number of nitrogens with zero attached hydrogens (tertiary/aromatic N) is 3. The number of amides is 2. The van der Waals surface area contributed by atoms with Crippen molar-refractivity contribution in [3.8, 4) is 0 Å². The second-order valence-electron chi connectivity index (χ2n) is 5.25. The first-order valence-corrected chi connectivity index (χ1v) is 7.75. The van der Waals surface area contributed by atoms with Gasteiger partial charge in [0.15, 0.2) is 0 Å². The predicted octanol–water partition coefficient (Wildman–Crippen LogP) is 2.02. The van der Waals surface area contributed by atoms with E-state index in [2.05, 4.69) is 10.3 Å². The zero-order valence-corrected chi connectivity index (χ0v) is 13.7. The predicted molar refractivity (Wildman–Crippen MR) is 91.9 cm³/mol. The molecule has 2 amide bonds. The molecule has 0 aliphatic rings. The van der Waals surface area contributed by atoms with Crippen molar-refractivity contribution in [3.05, 3.63) is 64.5 Å². The third kappa shape index (κ3) is 5.10. The second kappa shape index (κ2) is 8.53. The number of hydrogen-bond acceptors (Lipinski definition) is 5. The van der Waals surface area contributed by atoms with Crippen LogP contribution in [-0.2, 0) is 16.0 Å². The zero-order valence-electron chi connectivity index (χ0n) is 13.7. The molecule has 0 radical (unpaired) electrons. The van der Waals surface area contributed by atoms with Gasteiger partial charge in [-0.15, -0.1) is 0 Å². The van der Waals surface area contributed by atoms with Crippen LogP contribution in [0.4, 0.5) is 11.4 Å². The molecule has 1 heterocycles. The Bertz CT molecular complexity index is 764. The van der Waals surface area contributed by atoms with Crippen molar-refractivity contribution < 1.29 is 14.5 Å². The molecular weight excluding hydrogens is 324 g/mol. The average molecular weight is 342 g/mol. The normalized spacial score (nSPS) is 10.1. The molecule has 2 aromatic rings. The maximum atomic E-state index is 12.3. The molecule has 0 atom stereocenters. The fourth-order valence-corrected chi connectivity index (χ4v) is 2.24. The van der Waals surface area contributed by atoms with E-state index in [9.17, 15) is 19.7 Å². The van der Waals surface area contributed by atoms with E-state index in [1.165, 1.54) is 29.2 Å². The molecule has 2 rings (SSSR count). The molecule has 0 aliphatic heterocycles. The topological polar surface area (TPSA) is 105 Å². The van der Waals surface area contributed by atoms with Crippen LogP contribution in [-0.4, -0.2) is 39.7 Å². The average Bonchev–Trinajstić information content (AvgIpc) is 2.63. The van der Waals surface area contributed by atoms with Crippen molar-refractivity contribution in [2.45, 2.75) is 13.3 Å². The molecule has 1 aromatic carbocycles. The highest BCUT2D eigenvalue weighted by atomic mass is 16.6. The highest BCUT2D eigenvalue weighted by Gasteiger charge is 2.21. The summed E-state index contributed by atoms with van der Waals surface area (Å²) in [4.78, 5) is 40.0. The van der Waals surface area contributed by atoms with E-state index in [1.807, 2.05) is 12.1 Å². The van der Waals surface area contributed by atoms with E-state index in [1.54, 1.807) is 19.3 Å². The fraction of sp³-hybridized carbons (Fsp3) is 0.235. The summed E-state index contributed by atoms with van der Waals surface area (Å²) >= 11 is 0. The number of nitro benzene ring substituents is 1. The summed E-state index contributed by atoms with van der Waals surface area (Å²) in [5, 5.41) is 13.2. The molecule has 8 nitrogen and oxygen atoms in total. The van der Waals surface area contributed by atoms with Crippen LogP contribution < -0.4 is 5.32 Å². The molecule has 130 valence electrons. The standard InChI is InChI=1S/C17H18N4O4/c1-2-20(11-8-13-6-9-18-10-7-13)17(23)16(22)19-14-4-3-5-15(12-14)21(24)25/h3-7,9-10,12H,2,8,11H2,1H3,(H,19,22). The van der Waals surface area contributed by atoms with Gasteiger partial charge in [-0.25, -0.2) is 0 Å². The molecule has 25 heavy (non-hydrogen) atoms. The first-order chi connectivity index (χ1) is 12.0. The number of non-ortho nitro benzene ring substituents is 1. The molecule has 0 bridgehead atoms. The van der Waals surface area contributed by atoms with Gasteiger partial charge in [0.25, 0.3) is 5.69 Å². The Hall–Kier alpha value is -3.29. The Kier molecular flexibility index (Phi) is 6.16. The van der Waals surface area contributed by atoms with Crippen molar-refractivity contribution in [2.75, 3.05) is 18.4 Å². The second-order valence-corrected chi connectivity index (χ2v) is 5.25. The van der Waals surface area contributed by atoms with Crippen LogP contribution in [0.15, 0.2) is 48.8 Å². The summed E-state index contributed by atoms with van der Waals surface area (Å²) in [5.74, 6) is -1.50. The summed E-state index contributed by atoms with van der Waals surface area (Å²) in [6.45, 7) is 2.55. The molecule has 8 heteroatoms. The number of nitro groups is 1. The monoisotopic (exact) mass is 342 g/mol. The van der Waals surface area contributed by atoms with E-state index >= 15 is 0 Å². The summed E-state index contributed by atoms with van der Waals surface area (Å²) in [5.41, 5.74) is 1.06. The van der Waals surface area contributed by atoms with Crippen molar-refractivity contribution in [2.24, 2.45) is 0 Å². The van der Waals surface area contributed by atoms with Gasteiger partial charge in [-0.05, 0) is 37.1 Å². The minimum absolute atomic E-state index is 0.157. The summed E-state index contributed by atoms with van der Waals surface area (Å²) in [6.07, 6.45) is 3.94. The van der Waals surface area contributed by atoms with E-state index < -0.39 is 16.7 Å². The highest BCUT2D eigenvalue weighted by molar-refractivity contribution is 6.39. The minimum atomic E-state index is -0.822. The van der Waals surface area contributed by atoms with Crippen LogP contribution in [0.3, 0.4) is 0 Å². The van der Waals surface area contributed by atoms with Gasteiger partial charge in [-0.3, -0.25) is 24.7 Å². The van der Waals surface area contributed by atoms with Gasteiger partial charge in [0.05, 0.1) is 4.92 Å². The number of anilines is 1. The lowest BCUT2D eigenvalue weighted by molar-refractivity contribution is -0.384. The summed E-state index contributed by atoms with van der Waals surface area (Å²) < 4.78 is 0. The number of carbonyl (C=O) groups is 2. The highest BCUT2D eigenvalue weighted by Crippen LogP contribution is 2.17. The molecular formula is C17H18N4O4. The molecule has 0 aliphatic carbocycles. The number of rotatable bonds is 6. The van der Waals surface area contributed by atoms with Gasteiger partial charge in [-0.1, -0.05) is 6.07 Å². The largest absolute Gasteiger partial charge is 0.334 e. The van der Waals surface area contributed by atoms with E-state index in [4.69, 9.17) is 0 Å². The number of benzene rings is 1. The van der Waals surface area contributed by atoms with E-state index in [0.29, 0.717) is 19.5 Å². The quantitative estimate of drug-likeness (QED) is 0.491. The first kappa shape index (κ1) is 18.1. The molecule has 0 saturated heterocycles. The van der Waals surface area contributed by atoms with E-state index in [0.717, 1.165) is 5.56 Å². The van der Waals surface area contributed by atoms with Crippen molar-refractivity contribution in [1.29, 1.82) is 0 Å². The van der Waals surface area contributed by atoms with Crippen LogP contribution in [0.5, 0.6) is 0 Å². The first-order valence-electron chi connectivity index (χ1n) is 7.75. The van der Waals surface area contributed by atoms with Crippen LogP contribution in [0, 0.1) is 10.1 Å². The van der Waals surface area contributed by atoms with Crippen LogP contribution in [0.25, 0.3) is 0 Å². The maximum Gasteiger partial charge on any atom is 0.313 e. The Balaban J connectivity index is 1.98. The SMILES string of the molecule is CCN(CCc1ccncc1)C(=O)C(=O)Nc1cccc([N+](=O)[O-])c1. The fourth-order valence-electron chi connectivity index (χ4n) is 2.24. The summed E-state index contributed by atoms with van der Waals surface area (Å²) in [7, 11) is 0. The molecule has 1 aromatic heterocycles.